The van der Waals surface area contributed by atoms with Gasteiger partial charge in [-0.25, -0.2) is 4.98 Å². The molecule has 0 N–H and O–H groups in total. The molecular formula is C14H21ClN2. The Hall–Kier alpha value is -0.760. The van der Waals surface area contributed by atoms with E-state index in [0.717, 1.165) is 23.8 Å². The van der Waals surface area contributed by atoms with Crippen LogP contribution < -0.4 is 4.90 Å². The van der Waals surface area contributed by atoms with Crippen LogP contribution in [0.25, 0.3) is 0 Å². The molecule has 0 amide bonds. The van der Waals surface area contributed by atoms with Crippen molar-refractivity contribution >= 4 is 17.4 Å². The highest BCUT2D eigenvalue weighted by Gasteiger charge is 2.24. The van der Waals surface area contributed by atoms with Gasteiger partial charge in [0.15, 0.2) is 0 Å². The maximum atomic E-state index is 5.84. The van der Waals surface area contributed by atoms with Gasteiger partial charge in [0.05, 0.1) is 0 Å². The summed E-state index contributed by atoms with van der Waals surface area (Å²) in [7, 11) is 0. The Bertz CT molecular complexity index is 392. The number of anilines is 1. The predicted octanol–water partition coefficient (Wildman–Crippen LogP) is 3.75. The lowest BCUT2D eigenvalue weighted by atomic mass is 9.94. The molecule has 1 aliphatic heterocycles. The van der Waals surface area contributed by atoms with E-state index in [-0.39, 0.29) is 0 Å². The predicted molar refractivity (Wildman–Crippen MR) is 73.7 cm³/mol. The van der Waals surface area contributed by atoms with Gasteiger partial charge < -0.3 is 4.90 Å². The molecule has 2 unspecified atom stereocenters. The molecule has 1 aromatic heterocycles. The van der Waals surface area contributed by atoms with Crippen LogP contribution in [-0.2, 0) is 5.88 Å². The van der Waals surface area contributed by atoms with Gasteiger partial charge in [0, 0.05) is 24.7 Å². The van der Waals surface area contributed by atoms with Gasteiger partial charge in [-0.1, -0.05) is 6.92 Å². The van der Waals surface area contributed by atoms with Crippen molar-refractivity contribution in [1.29, 1.82) is 0 Å². The molecule has 0 aromatic carbocycles. The minimum atomic E-state index is 0.542. The van der Waals surface area contributed by atoms with Crippen molar-refractivity contribution in [2.45, 2.75) is 45.5 Å². The second-order valence-corrected chi connectivity index (χ2v) is 5.57. The van der Waals surface area contributed by atoms with Gasteiger partial charge in [0.25, 0.3) is 0 Å². The van der Waals surface area contributed by atoms with Gasteiger partial charge in [0.2, 0.25) is 0 Å². The van der Waals surface area contributed by atoms with E-state index in [1.807, 2.05) is 6.20 Å². The van der Waals surface area contributed by atoms with E-state index in [0.29, 0.717) is 11.9 Å². The molecule has 94 valence electrons. The zero-order chi connectivity index (χ0) is 12.4. The van der Waals surface area contributed by atoms with Crippen molar-refractivity contribution < 1.29 is 0 Å². The van der Waals surface area contributed by atoms with Crippen molar-refractivity contribution in [1.82, 2.24) is 4.98 Å². The van der Waals surface area contributed by atoms with E-state index in [1.165, 1.54) is 18.4 Å². The van der Waals surface area contributed by atoms with Gasteiger partial charge in [-0.15, -0.1) is 11.6 Å². The topological polar surface area (TPSA) is 16.1 Å². The van der Waals surface area contributed by atoms with Crippen LogP contribution in [0, 0.1) is 12.8 Å². The van der Waals surface area contributed by atoms with Crippen LogP contribution in [0.3, 0.4) is 0 Å². The highest BCUT2D eigenvalue weighted by atomic mass is 35.5. The van der Waals surface area contributed by atoms with Gasteiger partial charge in [-0.05, 0) is 49.8 Å². The number of halogens is 1. The normalized spacial score (nSPS) is 25.1. The van der Waals surface area contributed by atoms with Gasteiger partial charge in [-0.2, -0.15) is 0 Å². The Kier molecular flexibility index (Phi) is 3.93. The summed E-state index contributed by atoms with van der Waals surface area (Å²) in [4.78, 5) is 7.05. The molecule has 0 saturated carbocycles. The summed E-state index contributed by atoms with van der Waals surface area (Å²) in [5.74, 6) is 2.44. The fourth-order valence-electron chi connectivity index (χ4n) is 2.58. The van der Waals surface area contributed by atoms with Crippen LogP contribution in [-0.4, -0.2) is 17.6 Å². The number of rotatable bonds is 2. The van der Waals surface area contributed by atoms with Crippen LogP contribution in [0.5, 0.6) is 0 Å². The van der Waals surface area contributed by atoms with Gasteiger partial charge in [-0.3, -0.25) is 0 Å². The lowest BCUT2D eigenvalue weighted by Crippen LogP contribution is -2.42. The first-order valence-electron chi connectivity index (χ1n) is 6.40. The fraction of sp³-hybridized carbons (Fsp3) is 0.643. The number of piperidine rings is 1. The average Bonchev–Trinajstić information content (AvgIpc) is 2.32. The average molecular weight is 253 g/mol. The summed E-state index contributed by atoms with van der Waals surface area (Å²) in [6.07, 6.45) is 4.50. The third-order valence-corrected chi connectivity index (χ3v) is 3.96. The summed E-state index contributed by atoms with van der Waals surface area (Å²) < 4.78 is 0. The molecule has 0 aliphatic carbocycles. The molecule has 2 heterocycles. The number of pyridine rings is 1. The minimum Gasteiger partial charge on any atom is -0.353 e. The quantitative estimate of drug-likeness (QED) is 0.746. The first-order chi connectivity index (χ1) is 8.11. The number of hydrogen-bond acceptors (Lipinski definition) is 2. The first-order valence-corrected chi connectivity index (χ1v) is 6.93. The maximum Gasteiger partial charge on any atom is 0.131 e. The second-order valence-electron chi connectivity index (χ2n) is 5.30. The van der Waals surface area contributed by atoms with E-state index in [9.17, 15) is 0 Å². The molecule has 2 atom stereocenters. The summed E-state index contributed by atoms with van der Waals surface area (Å²) >= 11 is 5.84. The minimum absolute atomic E-state index is 0.542. The van der Waals surface area contributed by atoms with E-state index >= 15 is 0 Å². The molecule has 0 spiro atoms. The van der Waals surface area contributed by atoms with Gasteiger partial charge >= 0.3 is 0 Å². The number of hydrogen-bond donors (Lipinski definition) is 0. The number of aromatic nitrogens is 1. The third kappa shape index (κ3) is 2.74. The highest BCUT2D eigenvalue weighted by Crippen LogP contribution is 2.28. The number of aryl methyl sites for hydroxylation is 1. The smallest absolute Gasteiger partial charge is 0.131 e. The van der Waals surface area contributed by atoms with Crippen LogP contribution in [0.15, 0.2) is 12.3 Å². The Morgan fingerprint density at radius 1 is 1.41 bits per heavy atom. The molecule has 1 saturated heterocycles. The number of alkyl halides is 1. The molecule has 0 bridgehead atoms. The van der Waals surface area contributed by atoms with Crippen LogP contribution in [0.2, 0.25) is 0 Å². The molecule has 1 aliphatic rings. The highest BCUT2D eigenvalue weighted by molar-refractivity contribution is 6.17. The Morgan fingerprint density at radius 3 is 2.82 bits per heavy atom. The second kappa shape index (κ2) is 5.26. The lowest BCUT2D eigenvalue weighted by Gasteiger charge is -2.38. The van der Waals surface area contributed by atoms with Crippen molar-refractivity contribution in [3.63, 3.8) is 0 Å². The molecule has 2 rings (SSSR count). The standard InChI is InChI=1S/C14H21ClN2/c1-10-4-5-12(3)17(9-10)14-11(2)6-13(7-15)8-16-14/h6,8,10,12H,4-5,7,9H2,1-3H3. The summed E-state index contributed by atoms with van der Waals surface area (Å²) in [5, 5.41) is 0. The Labute approximate surface area is 109 Å². The molecule has 17 heavy (non-hydrogen) atoms. The maximum absolute atomic E-state index is 5.84. The monoisotopic (exact) mass is 252 g/mol. The van der Waals surface area contributed by atoms with E-state index in [4.69, 9.17) is 11.6 Å². The molecule has 2 nitrogen and oxygen atoms in total. The van der Waals surface area contributed by atoms with Crippen molar-refractivity contribution in [3.05, 3.63) is 23.4 Å². The SMILES string of the molecule is Cc1cc(CCl)cnc1N1CC(C)CCC1C. The van der Waals surface area contributed by atoms with Crippen LogP contribution in [0.4, 0.5) is 5.82 Å². The Balaban J connectivity index is 2.26. The van der Waals surface area contributed by atoms with Crippen molar-refractivity contribution in [3.8, 4) is 0 Å². The molecule has 1 aromatic rings. The van der Waals surface area contributed by atoms with Crippen molar-refractivity contribution in [2.75, 3.05) is 11.4 Å². The van der Waals surface area contributed by atoms with E-state index < -0.39 is 0 Å². The molecular weight excluding hydrogens is 232 g/mol. The molecule has 1 fully saturated rings. The first kappa shape index (κ1) is 12.7. The zero-order valence-electron chi connectivity index (χ0n) is 10.9. The van der Waals surface area contributed by atoms with E-state index in [1.54, 1.807) is 0 Å². The molecule has 3 heteroatoms. The zero-order valence-corrected chi connectivity index (χ0v) is 11.7. The Morgan fingerprint density at radius 2 is 2.18 bits per heavy atom. The lowest BCUT2D eigenvalue weighted by molar-refractivity contribution is 0.387. The summed E-state index contributed by atoms with van der Waals surface area (Å²) in [6.45, 7) is 7.86. The summed E-state index contributed by atoms with van der Waals surface area (Å²) in [6, 6.07) is 2.75. The fourth-order valence-corrected chi connectivity index (χ4v) is 2.73. The number of nitrogens with zero attached hydrogens (tertiary/aromatic N) is 2. The van der Waals surface area contributed by atoms with Crippen molar-refractivity contribution in [2.24, 2.45) is 5.92 Å². The molecule has 0 radical (unpaired) electrons. The van der Waals surface area contributed by atoms with Gasteiger partial charge in [0.1, 0.15) is 5.82 Å². The van der Waals surface area contributed by atoms with E-state index in [2.05, 4.69) is 36.7 Å². The van der Waals surface area contributed by atoms with Crippen LogP contribution in [0.1, 0.15) is 37.8 Å². The largest absolute Gasteiger partial charge is 0.353 e. The third-order valence-electron chi connectivity index (χ3n) is 3.65. The van der Waals surface area contributed by atoms with Crippen LogP contribution >= 0.6 is 11.6 Å². The summed E-state index contributed by atoms with van der Waals surface area (Å²) in [5.41, 5.74) is 2.34.